The Hall–Kier alpha value is -1.07. The first-order valence-corrected chi connectivity index (χ1v) is 5.96. The van der Waals surface area contributed by atoms with Gasteiger partial charge < -0.3 is 5.11 Å². The van der Waals surface area contributed by atoms with Crippen molar-refractivity contribution in [1.29, 1.82) is 0 Å². The number of hydrogen-bond donors (Lipinski definition) is 2. The normalized spacial score (nSPS) is 27.9. The highest BCUT2D eigenvalue weighted by molar-refractivity contribution is 8.01. The molecule has 0 saturated carbocycles. The summed E-state index contributed by atoms with van der Waals surface area (Å²) in [6, 6.07) is 5.13. The summed E-state index contributed by atoms with van der Waals surface area (Å²) in [7, 11) is 0. The quantitative estimate of drug-likeness (QED) is 0.820. The van der Waals surface area contributed by atoms with E-state index in [1.807, 2.05) is 32.0 Å². The van der Waals surface area contributed by atoms with Crippen LogP contribution in [0.5, 0.6) is 0 Å². The number of carboxylic acid groups (broad SMARTS) is 1. The largest absolute Gasteiger partial charge is 0.480 e. The Labute approximate surface area is 98.5 Å². The molecule has 2 heterocycles. The van der Waals surface area contributed by atoms with E-state index in [1.165, 1.54) is 0 Å². The zero-order valence-electron chi connectivity index (χ0n) is 9.18. The van der Waals surface area contributed by atoms with E-state index >= 15 is 0 Å². The highest BCUT2D eigenvalue weighted by atomic mass is 32.2. The van der Waals surface area contributed by atoms with Crippen molar-refractivity contribution in [2.75, 3.05) is 0 Å². The molecule has 5 heteroatoms. The van der Waals surface area contributed by atoms with Crippen LogP contribution < -0.4 is 5.32 Å². The van der Waals surface area contributed by atoms with Gasteiger partial charge in [0.2, 0.25) is 0 Å². The lowest BCUT2D eigenvalue weighted by Gasteiger charge is -2.20. The summed E-state index contributed by atoms with van der Waals surface area (Å²) in [4.78, 5) is 15.3. The Morgan fingerprint density at radius 3 is 2.81 bits per heavy atom. The molecule has 1 aromatic heterocycles. The minimum Gasteiger partial charge on any atom is -0.480 e. The molecule has 16 heavy (non-hydrogen) atoms. The van der Waals surface area contributed by atoms with Crippen LogP contribution in [0.3, 0.4) is 0 Å². The van der Waals surface area contributed by atoms with Crippen LogP contribution in [0, 0.1) is 0 Å². The molecule has 2 N–H and O–H groups in total. The molecule has 1 aliphatic heterocycles. The maximum atomic E-state index is 11.1. The predicted molar refractivity (Wildman–Crippen MR) is 63.2 cm³/mol. The molecule has 0 aliphatic carbocycles. The van der Waals surface area contributed by atoms with E-state index in [1.54, 1.807) is 18.0 Å². The van der Waals surface area contributed by atoms with E-state index in [-0.39, 0.29) is 10.1 Å². The number of aromatic nitrogens is 1. The summed E-state index contributed by atoms with van der Waals surface area (Å²) < 4.78 is -0.325. The van der Waals surface area contributed by atoms with Crippen LogP contribution in [0.15, 0.2) is 24.4 Å². The Balaban J connectivity index is 2.21. The van der Waals surface area contributed by atoms with Crippen LogP contribution in [0.25, 0.3) is 0 Å². The van der Waals surface area contributed by atoms with Crippen molar-refractivity contribution >= 4 is 17.7 Å². The van der Waals surface area contributed by atoms with Gasteiger partial charge in [0.05, 0.1) is 11.1 Å². The van der Waals surface area contributed by atoms with Gasteiger partial charge in [0.25, 0.3) is 0 Å². The number of rotatable bonds is 2. The number of thioether (sulfide) groups is 1. The molecule has 2 atom stereocenters. The number of aliphatic carboxylic acids is 1. The van der Waals surface area contributed by atoms with Crippen molar-refractivity contribution in [2.45, 2.75) is 30.0 Å². The molecule has 0 spiro atoms. The Morgan fingerprint density at radius 1 is 1.56 bits per heavy atom. The van der Waals surface area contributed by atoms with Gasteiger partial charge in [-0.15, -0.1) is 11.8 Å². The molecule has 86 valence electrons. The first-order valence-electron chi connectivity index (χ1n) is 5.08. The maximum absolute atomic E-state index is 11.1. The number of carboxylic acids is 1. The summed E-state index contributed by atoms with van der Waals surface area (Å²) >= 11 is 1.60. The fourth-order valence-electron chi connectivity index (χ4n) is 1.80. The highest BCUT2D eigenvalue weighted by Gasteiger charge is 2.45. The molecule has 1 aliphatic rings. The first kappa shape index (κ1) is 11.4. The monoisotopic (exact) mass is 238 g/mol. The molecule has 0 radical (unpaired) electrons. The second kappa shape index (κ2) is 4.07. The predicted octanol–water partition coefficient (Wildman–Crippen LogP) is 1.65. The van der Waals surface area contributed by atoms with E-state index in [9.17, 15) is 4.79 Å². The van der Waals surface area contributed by atoms with E-state index in [0.717, 1.165) is 5.69 Å². The topological polar surface area (TPSA) is 62.2 Å². The summed E-state index contributed by atoms with van der Waals surface area (Å²) in [5.41, 5.74) is 0.879. The SMILES string of the molecule is CC1(C)SC(c2ccccn2)NC1C(=O)O. The van der Waals surface area contributed by atoms with Crippen LogP contribution >= 0.6 is 11.8 Å². The minimum atomic E-state index is -0.809. The van der Waals surface area contributed by atoms with E-state index < -0.39 is 12.0 Å². The van der Waals surface area contributed by atoms with E-state index in [0.29, 0.717) is 0 Å². The summed E-state index contributed by atoms with van der Waals surface area (Å²) in [5.74, 6) is -0.809. The van der Waals surface area contributed by atoms with Gasteiger partial charge in [0, 0.05) is 10.9 Å². The Kier molecular flexibility index (Phi) is 2.90. The molecule has 2 rings (SSSR count). The Morgan fingerprint density at radius 2 is 2.31 bits per heavy atom. The zero-order valence-corrected chi connectivity index (χ0v) is 9.99. The molecule has 1 fully saturated rings. The molecular weight excluding hydrogens is 224 g/mol. The molecule has 0 aromatic carbocycles. The molecule has 1 saturated heterocycles. The van der Waals surface area contributed by atoms with Gasteiger partial charge in [0.1, 0.15) is 6.04 Å². The van der Waals surface area contributed by atoms with Crippen molar-refractivity contribution in [3.05, 3.63) is 30.1 Å². The zero-order chi connectivity index (χ0) is 11.8. The van der Waals surface area contributed by atoms with Crippen LogP contribution in [-0.4, -0.2) is 26.8 Å². The number of hydrogen-bond acceptors (Lipinski definition) is 4. The second-order valence-electron chi connectivity index (χ2n) is 4.29. The summed E-state index contributed by atoms with van der Waals surface area (Å²) in [6.07, 6.45) is 1.72. The van der Waals surface area contributed by atoms with Crippen molar-refractivity contribution in [3.63, 3.8) is 0 Å². The third kappa shape index (κ3) is 2.05. The molecule has 2 unspecified atom stereocenters. The average molecular weight is 238 g/mol. The van der Waals surface area contributed by atoms with Crippen LogP contribution in [0.4, 0.5) is 0 Å². The molecule has 0 bridgehead atoms. The number of carbonyl (C=O) groups is 1. The second-order valence-corrected chi connectivity index (χ2v) is 6.05. The van der Waals surface area contributed by atoms with Gasteiger partial charge in [-0.25, -0.2) is 0 Å². The van der Waals surface area contributed by atoms with Crippen LogP contribution in [0.2, 0.25) is 0 Å². The van der Waals surface area contributed by atoms with Gasteiger partial charge in [-0.1, -0.05) is 6.07 Å². The minimum absolute atomic E-state index is 0.0442. The third-order valence-electron chi connectivity index (χ3n) is 2.64. The van der Waals surface area contributed by atoms with Crippen LogP contribution in [0.1, 0.15) is 24.9 Å². The number of nitrogens with one attached hydrogen (secondary N) is 1. The van der Waals surface area contributed by atoms with Crippen molar-refractivity contribution in [2.24, 2.45) is 0 Å². The highest BCUT2D eigenvalue weighted by Crippen LogP contribution is 2.44. The molecule has 4 nitrogen and oxygen atoms in total. The molecule has 0 amide bonds. The van der Waals surface area contributed by atoms with Crippen molar-refractivity contribution in [3.8, 4) is 0 Å². The first-order chi connectivity index (χ1) is 7.50. The van der Waals surface area contributed by atoms with E-state index in [2.05, 4.69) is 10.3 Å². The summed E-state index contributed by atoms with van der Waals surface area (Å²) in [6.45, 7) is 3.87. The summed E-state index contributed by atoms with van der Waals surface area (Å²) in [5, 5.41) is 12.2. The van der Waals surface area contributed by atoms with Crippen molar-refractivity contribution < 1.29 is 9.90 Å². The lowest BCUT2D eigenvalue weighted by atomic mass is 10.0. The van der Waals surface area contributed by atoms with Gasteiger partial charge in [-0.2, -0.15) is 0 Å². The fourth-order valence-corrected chi connectivity index (χ4v) is 3.18. The molecular formula is C11H14N2O2S. The maximum Gasteiger partial charge on any atom is 0.322 e. The number of nitrogens with zero attached hydrogens (tertiary/aromatic N) is 1. The third-order valence-corrected chi connectivity index (χ3v) is 4.09. The number of pyridine rings is 1. The van der Waals surface area contributed by atoms with Crippen LogP contribution in [-0.2, 0) is 4.79 Å². The van der Waals surface area contributed by atoms with Gasteiger partial charge in [-0.05, 0) is 26.0 Å². The van der Waals surface area contributed by atoms with Crippen molar-refractivity contribution in [1.82, 2.24) is 10.3 Å². The smallest absolute Gasteiger partial charge is 0.322 e. The lowest BCUT2D eigenvalue weighted by molar-refractivity contribution is -0.139. The lowest BCUT2D eigenvalue weighted by Crippen LogP contribution is -2.43. The molecule has 1 aromatic rings. The van der Waals surface area contributed by atoms with Gasteiger partial charge >= 0.3 is 5.97 Å². The average Bonchev–Trinajstić information content (AvgIpc) is 2.56. The Bertz CT molecular complexity index is 394. The fraction of sp³-hybridized carbons (Fsp3) is 0.455. The van der Waals surface area contributed by atoms with E-state index in [4.69, 9.17) is 5.11 Å². The van der Waals surface area contributed by atoms with Gasteiger partial charge in [-0.3, -0.25) is 15.1 Å². The standard InChI is InChI=1S/C11H14N2O2S/c1-11(2)8(10(14)15)13-9(16-11)7-5-3-4-6-12-7/h3-6,8-9,13H,1-2H3,(H,14,15). The van der Waals surface area contributed by atoms with Gasteiger partial charge in [0.15, 0.2) is 0 Å².